The number of carbonyl (C=O) groups is 1. The first-order valence-electron chi connectivity index (χ1n) is 5.62. The molecule has 5 nitrogen and oxygen atoms in total. The molecule has 0 spiro atoms. The molecule has 0 bridgehead atoms. The van der Waals surface area contributed by atoms with Gasteiger partial charge in [-0.05, 0) is 12.1 Å². The Bertz CT molecular complexity index is 636. The molecule has 0 fully saturated rings. The van der Waals surface area contributed by atoms with Crippen LogP contribution in [0.4, 0.5) is 5.13 Å². The highest BCUT2D eigenvalue weighted by atomic mass is 32.1. The lowest BCUT2D eigenvalue weighted by atomic mass is 10.3. The summed E-state index contributed by atoms with van der Waals surface area (Å²) >= 11 is 1.44. The zero-order chi connectivity index (χ0) is 13.7. The SMILES string of the molecule is C#CCCC(=O)/N=C(\N)Nc1nc2ccccc2s1. The normalized spacial score (nSPS) is 11.2. The van der Waals surface area contributed by atoms with Gasteiger partial charge in [-0.25, -0.2) is 4.98 Å². The molecule has 1 aromatic carbocycles. The maximum absolute atomic E-state index is 11.4. The molecule has 0 atom stereocenters. The van der Waals surface area contributed by atoms with Crippen LogP contribution in [0.2, 0.25) is 0 Å². The van der Waals surface area contributed by atoms with Crippen LogP contribution in [0.3, 0.4) is 0 Å². The average molecular weight is 272 g/mol. The van der Waals surface area contributed by atoms with Crippen LogP contribution in [-0.2, 0) is 4.79 Å². The third-order valence-corrected chi connectivity index (χ3v) is 3.21. The zero-order valence-electron chi connectivity index (χ0n) is 10.1. The van der Waals surface area contributed by atoms with E-state index in [-0.39, 0.29) is 18.3 Å². The Kier molecular flexibility index (Phi) is 4.11. The highest BCUT2D eigenvalue weighted by Gasteiger charge is 2.05. The number of thiazole rings is 1. The number of nitrogens with one attached hydrogen (secondary N) is 1. The van der Waals surface area contributed by atoms with Gasteiger partial charge in [0.2, 0.25) is 11.9 Å². The third-order valence-electron chi connectivity index (χ3n) is 2.26. The number of para-hydroxylation sites is 1. The average Bonchev–Trinajstić information content (AvgIpc) is 2.78. The Morgan fingerprint density at radius 2 is 2.32 bits per heavy atom. The van der Waals surface area contributed by atoms with Gasteiger partial charge in [-0.1, -0.05) is 23.5 Å². The maximum atomic E-state index is 11.4. The van der Waals surface area contributed by atoms with Gasteiger partial charge in [-0.15, -0.1) is 12.3 Å². The first-order chi connectivity index (χ1) is 9.19. The summed E-state index contributed by atoms with van der Waals surface area (Å²) in [6, 6.07) is 7.71. The number of nitrogens with zero attached hydrogens (tertiary/aromatic N) is 2. The quantitative estimate of drug-likeness (QED) is 0.508. The van der Waals surface area contributed by atoms with Gasteiger partial charge >= 0.3 is 0 Å². The third kappa shape index (κ3) is 3.53. The standard InChI is InChI=1S/C13H12N4OS/c1-2-3-8-11(18)16-12(14)17-13-15-9-6-4-5-7-10(9)19-13/h1,4-7H,3,8H2,(H3,14,15,16,17,18). The Balaban J connectivity index is 2.06. The summed E-state index contributed by atoms with van der Waals surface area (Å²) in [5, 5.41) is 3.41. The van der Waals surface area contributed by atoms with E-state index >= 15 is 0 Å². The second-order valence-electron chi connectivity index (χ2n) is 3.71. The summed E-state index contributed by atoms with van der Waals surface area (Å²) in [6.07, 6.45) is 5.62. The summed E-state index contributed by atoms with van der Waals surface area (Å²) in [5.74, 6) is 2.06. The van der Waals surface area contributed by atoms with Crippen molar-refractivity contribution in [2.45, 2.75) is 12.8 Å². The van der Waals surface area contributed by atoms with Crippen molar-refractivity contribution in [1.29, 1.82) is 0 Å². The van der Waals surface area contributed by atoms with Crippen molar-refractivity contribution in [3.05, 3.63) is 24.3 Å². The molecule has 0 aliphatic rings. The number of hydrogen-bond donors (Lipinski definition) is 2. The minimum atomic E-state index is -0.343. The molecule has 1 aromatic heterocycles. The van der Waals surface area contributed by atoms with E-state index in [2.05, 4.69) is 21.2 Å². The molecule has 0 saturated heterocycles. The lowest BCUT2D eigenvalue weighted by Crippen LogP contribution is -2.23. The van der Waals surface area contributed by atoms with E-state index in [0.29, 0.717) is 11.6 Å². The van der Waals surface area contributed by atoms with E-state index < -0.39 is 0 Å². The largest absolute Gasteiger partial charge is 0.369 e. The van der Waals surface area contributed by atoms with Gasteiger partial charge in [0.25, 0.3) is 0 Å². The predicted molar refractivity (Wildman–Crippen MR) is 77.9 cm³/mol. The number of fused-ring (bicyclic) bond motifs is 1. The van der Waals surface area contributed by atoms with E-state index in [1.165, 1.54) is 11.3 Å². The molecule has 2 rings (SSSR count). The molecular weight excluding hydrogens is 260 g/mol. The van der Waals surface area contributed by atoms with Crippen molar-refractivity contribution < 1.29 is 4.79 Å². The van der Waals surface area contributed by atoms with E-state index in [4.69, 9.17) is 12.2 Å². The number of aliphatic imine (C=N–C) groups is 1. The summed E-state index contributed by atoms with van der Waals surface area (Å²) in [4.78, 5) is 19.4. The van der Waals surface area contributed by atoms with E-state index in [1.54, 1.807) is 0 Å². The number of amides is 1. The van der Waals surface area contributed by atoms with Crippen LogP contribution in [0.5, 0.6) is 0 Å². The Morgan fingerprint density at radius 3 is 3.05 bits per heavy atom. The van der Waals surface area contributed by atoms with Crippen molar-refractivity contribution in [3.63, 3.8) is 0 Å². The minimum absolute atomic E-state index is 0.0288. The summed E-state index contributed by atoms with van der Waals surface area (Å²) in [6.45, 7) is 0. The maximum Gasteiger partial charge on any atom is 0.249 e. The monoisotopic (exact) mass is 272 g/mol. The number of carbonyl (C=O) groups excluding carboxylic acids is 1. The molecule has 19 heavy (non-hydrogen) atoms. The first kappa shape index (κ1) is 13.1. The van der Waals surface area contributed by atoms with Gasteiger partial charge in [-0.2, -0.15) is 4.99 Å². The van der Waals surface area contributed by atoms with Crippen LogP contribution in [0, 0.1) is 12.3 Å². The Labute approximate surface area is 114 Å². The number of hydrogen-bond acceptors (Lipinski definition) is 3. The molecule has 2 aromatic rings. The van der Waals surface area contributed by atoms with Crippen molar-refractivity contribution in [1.82, 2.24) is 4.98 Å². The molecule has 0 saturated carbocycles. The smallest absolute Gasteiger partial charge is 0.249 e. The summed E-state index contributed by atoms with van der Waals surface area (Å²) in [5.41, 5.74) is 6.51. The fraction of sp³-hybridized carbons (Fsp3) is 0.154. The molecule has 1 heterocycles. The second-order valence-corrected chi connectivity index (χ2v) is 4.74. The fourth-order valence-corrected chi connectivity index (χ4v) is 2.31. The van der Waals surface area contributed by atoms with Crippen LogP contribution in [0.25, 0.3) is 10.2 Å². The van der Waals surface area contributed by atoms with Gasteiger partial charge < -0.3 is 11.1 Å². The number of anilines is 1. The minimum Gasteiger partial charge on any atom is -0.369 e. The van der Waals surface area contributed by atoms with Crippen molar-refractivity contribution in [2.75, 3.05) is 5.32 Å². The van der Waals surface area contributed by atoms with E-state index in [0.717, 1.165) is 10.2 Å². The van der Waals surface area contributed by atoms with E-state index in [9.17, 15) is 4.79 Å². The number of rotatable bonds is 3. The number of aromatic nitrogens is 1. The lowest BCUT2D eigenvalue weighted by molar-refractivity contribution is -0.117. The number of guanidine groups is 1. The van der Waals surface area contributed by atoms with Gasteiger partial charge in [0, 0.05) is 12.8 Å². The van der Waals surface area contributed by atoms with Crippen LogP contribution in [0.1, 0.15) is 12.8 Å². The molecule has 3 N–H and O–H groups in total. The van der Waals surface area contributed by atoms with Crippen LogP contribution in [-0.4, -0.2) is 16.9 Å². The van der Waals surface area contributed by atoms with E-state index in [1.807, 2.05) is 24.3 Å². The topological polar surface area (TPSA) is 80.4 Å². The van der Waals surface area contributed by atoms with Gasteiger partial charge in [-0.3, -0.25) is 4.79 Å². The number of benzene rings is 1. The Morgan fingerprint density at radius 1 is 1.53 bits per heavy atom. The Hall–Kier alpha value is -2.39. The van der Waals surface area contributed by atoms with Crippen LogP contribution >= 0.6 is 11.3 Å². The lowest BCUT2D eigenvalue weighted by Gasteiger charge is -1.99. The van der Waals surface area contributed by atoms with Crippen molar-refractivity contribution in [2.24, 2.45) is 10.7 Å². The van der Waals surface area contributed by atoms with Gasteiger partial charge in [0.1, 0.15) is 0 Å². The first-order valence-corrected chi connectivity index (χ1v) is 6.44. The molecule has 1 amide bonds. The predicted octanol–water partition coefficient (Wildman–Crippen LogP) is 1.96. The molecule has 0 aliphatic carbocycles. The molecule has 96 valence electrons. The fourth-order valence-electron chi connectivity index (χ4n) is 1.43. The summed E-state index contributed by atoms with van der Waals surface area (Å²) in [7, 11) is 0. The molecule has 6 heteroatoms. The number of nitrogens with two attached hydrogens (primary N) is 1. The van der Waals surface area contributed by atoms with Crippen molar-refractivity contribution in [3.8, 4) is 12.3 Å². The zero-order valence-corrected chi connectivity index (χ0v) is 10.9. The number of terminal acetylenes is 1. The highest BCUT2D eigenvalue weighted by molar-refractivity contribution is 7.22. The molecular formula is C13H12N4OS. The van der Waals surface area contributed by atoms with Crippen molar-refractivity contribution >= 4 is 38.6 Å². The van der Waals surface area contributed by atoms with Gasteiger partial charge in [0.05, 0.1) is 10.2 Å². The second kappa shape index (κ2) is 5.98. The highest BCUT2D eigenvalue weighted by Crippen LogP contribution is 2.24. The molecule has 0 aliphatic heterocycles. The molecule has 0 radical (unpaired) electrons. The summed E-state index contributed by atoms with van der Waals surface area (Å²) < 4.78 is 1.04. The van der Waals surface area contributed by atoms with Crippen LogP contribution in [0.15, 0.2) is 29.3 Å². The molecule has 0 unspecified atom stereocenters. The van der Waals surface area contributed by atoms with Crippen LogP contribution < -0.4 is 11.1 Å². The van der Waals surface area contributed by atoms with Gasteiger partial charge in [0.15, 0.2) is 5.13 Å².